The minimum Gasteiger partial charge on any atom is -0.355 e. The molecule has 1 aliphatic heterocycles. The molecular weight excluding hydrogens is 348 g/mol. The highest BCUT2D eigenvalue weighted by molar-refractivity contribution is 6.09. The third kappa shape index (κ3) is 4.14. The molecule has 1 saturated heterocycles. The number of aryl methyl sites for hydroxylation is 1. The molecule has 0 amide bonds. The molecule has 2 aliphatic rings. The second-order valence-electron chi connectivity index (χ2n) is 7.63. The van der Waals surface area contributed by atoms with Gasteiger partial charge in [-0.15, -0.1) is 0 Å². The summed E-state index contributed by atoms with van der Waals surface area (Å²) in [5.74, 6) is 0.837. The smallest absolute Gasteiger partial charge is 0.213 e. The molecule has 5 heteroatoms. The quantitative estimate of drug-likeness (QED) is 0.823. The van der Waals surface area contributed by atoms with Gasteiger partial charge in [0, 0.05) is 37.1 Å². The molecule has 1 N–H and O–H groups in total. The number of carbonyl (C=O) groups excluding carboxylic acids is 1. The van der Waals surface area contributed by atoms with Crippen molar-refractivity contribution in [2.75, 3.05) is 31.1 Å². The lowest BCUT2D eigenvalue weighted by Gasteiger charge is -2.21. The molecule has 28 heavy (non-hydrogen) atoms. The van der Waals surface area contributed by atoms with E-state index in [0.717, 1.165) is 62.5 Å². The molecule has 0 saturated carbocycles. The van der Waals surface area contributed by atoms with Gasteiger partial charge in [0.2, 0.25) is 5.78 Å². The van der Waals surface area contributed by atoms with E-state index < -0.39 is 0 Å². The first kappa shape index (κ1) is 18.8. The summed E-state index contributed by atoms with van der Waals surface area (Å²) in [6, 6.07) is 7.75. The van der Waals surface area contributed by atoms with Crippen molar-refractivity contribution in [3.63, 3.8) is 0 Å². The summed E-state index contributed by atoms with van der Waals surface area (Å²) in [5.41, 5.74) is 4.30. The van der Waals surface area contributed by atoms with Crippen molar-refractivity contribution in [1.29, 1.82) is 0 Å². The molecule has 5 nitrogen and oxygen atoms in total. The van der Waals surface area contributed by atoms with Gasteiger partial charge in [-0.2, -0.15) is 0 Å². The number of aromatic nitrogens is 2. The zero-order valence-electron chi connectivity index (χ0n) is 16.6. The lowest BCUT2D eigenvalue weighted by Crippen LogP contribution is -2.29. The number of nitrogens with one attached hydrogen (secondary N) is 1. The maximum Gasteiger partial charge on any atom is 0.213 e. The third-order valence-electron chi connectivity index (χ3n) is 5.62. The van der Waals surface area contributed by atoms with Crippen molar-refractivity contribution >= 4 is 17.2 Å². The molecule has 2 aromatic heterocycles. The molecule has 1 fully saturated rings. The van der Waals surface area contributed by atoms with E-state index >= 15 is 0 Å². The van der Waals surface area contributed by atoms with E-state index in [1.54, 1.807) is 0 Å². The third-order valence-corrected chi connectivity index (χ3v) is 5.62. The van der Waals surface area contributed by atoms with Gasteiger partial charge in [-0.3, -0.25) is 9.78 Å². The Hall–Kier alpha value is -2.53. The number of allylic oxidation sites excluding steroid dienone is 2. The van der Waals surface area contributed by atoms with Crippen LogP contribution in [0.15, 0.2) is 36.5 Å². The summed E-state index contributed by atoms with van der Waals surface area (Å²) in [6.45, 7) is 5.75. The Kier molecular flexibility index (Phi) is 5.81. The molecule has 0 bridgehead atoms. The summed E-state index contributed by atoms with van der Waals surface area (Å²) >= 11 is 0. The van der Waals surface area contributed by atoms with E-state index in [4.69, 9.17) is 4.98 Å². The molecule has 3 heterocycles. The first-order valence-electron chi connectivity index (χ1n) is 10.4. The lowest BCUT2D eigenvalue weighted by atomic mass is 9.93. The van der Waals surface area contributed by atoms with E-state index in [1.807, 2.05) is 37.4 Å². The zero-order chi connectivity index (χ0) is 19.3. The Morgan fingerprint density at radius 3 is 2.93 bits per heavy atom. The number of ketones is 1. The first-order chi connectivity index (χ1) is 13.7. The van der Waals surface area contributed by atoms with Crippen molar-refractivity contribution in [1.82, 2.24) is 15.3 Å². The van der Waals surface area contributed by atoms with Crippen LogP contribution in [0.4, 0.5) is 5.82 Å². The predicted octanol–water partition coefficient (Wildman–Crippen LogP) is 3.77. The standard InChI is InChI=1S/C23H28N4O/c1-17-20(15-19(16-25-17)18-7-3-2-4-8-18)23(28)21-9-5-10-22(26-21)27-13-6-11-24-12-14-27/h5,7,9-10,15-16,24H,2-4,6,8,11-14H2,1H3. The van der Waals surface area contributed by atoms with Crippen LogP contribution in [0, 0.1) is 6.92 Å². The minimum absolute atomic E-state index is 0.0435. The predicted molar refractivity (Wildman–Crippen MR) is 113 cm³/mol. The maximum atomic E-state index is 13.3. The summed E-state index contributed by atoms with van der Waals surface area (Å²) < 4.78 is 0. The summed E-state index contributed by atoms with van der Waals surface area (Å²) in [5, 5.41) is 3.41. The fraction of sp³-hybridized carbons (Fsp3) is 0.435. The molecule has 4 rings (SSSR count). The van der Waals surface area contributed by atoms with Crippen molar-refractivity contribution in [3.05, 3.63) is 59.1 Å². The number of anilines is 1. The normalized spacial score (nSPS) is 17.8. The van der Waals surface area contributed by atoms with Gasteiger partial charge in [0.25, 0.3) is 0 Å². The van der Waals surface area contributed by atoms with Crippen LogP contribution in [0.5, 0.6) is 0 Å². The largest absolute Gasteiger partial charge is 0.355 e. The van der Waals surface area contributed by atoms with Crippen molar-refractivity contribution < 1.29 is 4.79 Å². The number of rotatable bonds is 4. The van der Waals surface area contributed by atoms with Crippen LogP contribution in [-0.4, -0.2) is 41.9 Å². The van der Waals surface area contributed by atoms with Gasteiger partial charge in [0.15, 0.2) is 0 Å². The second kappa shape index (κ2) is 8.65. The number of hydrogen-bond donors (Lipinski definition) is 1. The van der Waals surface area contributed by atoms with Crippen LogP contribution < -0.4 is 10.2 Å². The van der Waals surface area contributed by atoms with Crippen LogP contribution in [0.2, 0.25) is 0 Å². The minimum atomic E-state index is -0.0435. The fourth-order valence-electron chi connectivity index (χ4n) is 3.98. The average molecular weight is 377 g/mol. The van der Waals surface area contributed by atoms with E-state index in [2.05, 4.69) is 21.3 Å². The van der Waals surface area contributed by atoms with E-state index in [1.165, 1.54) is 18.4 Å². The van der Waals surface area contributed by atoms with E-state index in [0.29, 0.717) is 11.3 Å². The Balaban J connectivity index is 1.62. The Labute approximate surface area is 166 Å². The van der Waals surface area contributed by atoms with Gasteiger partial charge in [0.05, 0.1) is 0 Å². The molecule has 146 valence electrons. The SMILES string of the molecule is Cc1ncc(C2=CCCCC2)cc1C(=O)c1cccc(N2CCCNCC2)n1. The van der Waals surface area contributed by atoms with Crippen molar-refractivity contribution in [2.24, 2.45) is 0 Å². The molecule has 0 atom stereocenters. The molecule has 0 aromatic carbocycles. The fourth-order valence-corrected chi connectivity index (χ4v) is 3.98. The number of nitrogens with zero attached hydrogens (tertiary/aromatic N) is 3. The van der Waals surface area contributed by atoms with Crippen LogP contribution >= 0.6 is 0 Å². The highest BCUT2D eigenvalue weighted by atomic mass is 16.1. The number of hydrogen-bond acceptors (Lipinski definition) is 5. The van der Waals surface area contributed by atoms with E-state index in [9.17, 15) is 4.79 Å². The molecule has 0 spiro atoms. The highest BCUT2D eigenvalue weighted by Crippen LogP contribution is 2.28. The highest BCUT2D eigenvalue weighted by Gasteiger charge is 2.18. The molecule has 0 radical (unpaired) electrons. The van der Waals surface area contributed by atoms with Crippen LogP contribution in [0.25, 0.3) is 5.57 Å². The van der Waals surface area contributed by atoms with Gasteiger partial charge >= 0.3 is 0 Å². The molecule has 2 aromatic rings. The van der Waals surface area contributed by atoms with Crippen LogP contribution in [0.3, 0.4) is 0 Å². The average Bonchev–Trinajstić information content (AvgIpc) is 3.04. The monoisotopic (exact) mass is 376 g/mol. The summed E-state index contributed by atoms with van der Waals surface area (Å²) in [4.78, 5) is 24.7. The number of pyridine rings is 2. The van der Waals surface area contributed by atoms with Gasteiger partial charge in [0.1, 0.15) is 11.5 Å². The maximum absolute atomic E-state index is 13.3. The van der Waals surface area contributed by atoms with E-state index in [-0.39, 0.29) is 5.78 Å². The Morgan fingerprint density at radius 1 is 1.14 bits per heavy atom. The summed E-state index contributed by atoms with van der Waals surface area (Å²) in [7, 11) is 0. The van der Waals surface area contributed by atoms with Crippen molar-refractivity contribution in [3.8, 4) is 0 Å². The van der Waals surface area contributed by atoms with Crippen LogP contribution in [-0.2, 0) is 0 Å². The molecular formula is C23H28N4O. The van der Waals surface area contributed by atoms with Gasteiger partial charge in [-0.25, -0.2) is 4.98 Å². The van der Waals surface area contributed by atoms with Crippen molar-refractivity contribution in [2.45, 2.75) is 39.0 Å². The Bertz CT molecular complexity index is 882. The number of carbonyl (C=O) groups is 1. The second-order valence-corrected chi connectivity index (χ2v) is 7.63. The van der Waals surface area contributed by atoms with Gasteiger partial charge < -0.3 is 10.2 Å². The van der Waals surface area contributed by atoms with Gasteiger partial charge in [-0.1, -0.05) is 12.1 Å². The molecule has 0 unspecified atom stereocenters. The zero-order valence-corrected chi connectivity index (χ0v) is 16.6. The first-order valence-corrected chi connectivity index (χ1v) is 10.4. The topological polar surface area (TPSA) is 58.1 Å². The van der Waals surface area contributed by atoms with Crippen LogP contribution in [0.1, 0.15) is 59.4 Å². The molecule has 1 aliphatic carbocycles. The lowest BCUT2D eigenvalue weighted by molar-refractivity contribution is 0.103. The Morgan fingerprint density at radius 2 is 2.07 bits per heavy atom. The summed E-state index contributed by atoms with van der Waals surface area (Å²) in [6.07, 6.45) is 9.90. The van der Waals surface area contributed by atoms with Gasteiger partial charge in [-0.05, 0) is 74.9 Å².